The van der Waals surface area contributed by atoms with Crippen molar-refractivity contribution in [2.24, 2.45) is 0 Å². The number of fused-ring (bicyclic) bond motifs is 1. The number of nitrogens with zero attached hydrogens (tertiary/aromatic N) is 4. The van der Waals surface area contributed by atoms with Gasteiger partial charge in [-0.05, 0) is 36.2 Å². The van der Waals surface area contributed by atoms with Crippen LogP contribution in [0.1, 0.15) is 11.5 Å². The number of thiophene rings is 1. The van der Waals surface area contributed by atoms with Crippen molar-refractivity contribution < 1.29 is 4.74 Å². The van der Waals surface area contributed by atoms with Gasteiger partial charge in [-0.15, -0.1) is 11.3 Å². The lowest BCUT2D eigenvalue weighted by Crippen LogP contribution is -1.99. The van der Waals surface area contributed by atoms with E-state index >= 15 is 0 Å². The Morgan fingerprint density at radius 3 is 3.05 bits per heavy atom. The second kappa shape index (κ2) is 5.82. The number of methoxy groups -OCH3 is 1. The van der Waals surface area contributed by atoms with Crippen molar-refractivity contribution in [3.8, 4) is 0 Å². The van der Waals surface area contributed by atoms with Crippen LogP contribution in [-0.4, -0.2) is 27.0 Å². The molecule has 0 aromatic carbocycles. The Kier molecular flexibility index (Phi) is 3.90. The number of aromatic nitrogens is 4. The molecule has 0 spiro atoms. The fourth-order valence-electron chi connectivity index (χ4n) is 1.78. The van der Waals surface area contributed by atoms with Gasteiger partial charge in [0.1, 0.15) is 23.0 Å². The summed E-state index contributed by atoms with van der Waals surface area (Å²) in [5, 5.41) is 3.81. The maximum absolute atomic E-state index is 5.09. The molecule has 0 fully saturated rings. The molecule has 0 saturated heterocycles. The highest BCUT2D eigenvalue weighted by Crippen LogP contribution is 2.32. The van der Waals surface area contributed by atoms with Crippen LogP contribution in [0.5, 0.6) is 0 Å². The lowest BCUT2D eigenvalue weighted by Gasteiger charge is -2.05. The van der Waals surface area contributed by atoms with Crippen LogP contribution in [0, 0.1) is 6.92 Å². The van der Waals surface area contributed by atoms with Crippen LogP contribution in [0.4, 0.5) is 0 Å². The van der Waals surface area contributed by atoms with E-state index in [-0.39, 0.29) is 0 Å². The van der Waals surface area contributed by atoms with Crippen molar-refractivity contribution in [2.45, 2.75) is 23.6 Å². The highest BCUT2D eigenvalue weighted by Gasteiger charge is 2.09. The second-order valence-electron chi connectivity index (χ2n) is 4.11. The minimum atomic E-state index is 0.410. The van der Waals surface area contributed by atoms with Gasteiger partial charge in [0.15, 0.2) is 5.82 Å². The van der Waals surface area contributed by atoms with Crippen molar-refractivity contribution in [3.05, 3.63) is 35.4 Å². The largest absolute Gasteiger partial charge is 0.377 e. The second-order valence-corrected chi connectivity index (χ2v) is 6.04. The molecule has 20 heavy (non-hydrogen) atoms. The van der Waals surface area contributed by atoms with Crippen LogP contribution in [0.2, 0.25) is 0 Å². The Balaban J connectivity index is 1.96. The highest BCUT2D eigenvalue weighted by atomic mass is 32.2. The van der Waals surface area contributed by atoms with Gasteiger partial charge >= 0.3 is 0 Å². The Labute approximate surface area is 124 Å². The van der Waals surface area contributed by atoms with E-state index in [9.17, 15) is 0 Å². The first kappa shape index (κ1) is 13.4. The molecule has 0 aliphatic heterocycles. The normalized spacial score (nSPS) is 11.1. The molecule has 3 heterocycles. The number of hydrogen-bond acceptors (Lipinski definition) is 7. The van der Waals surface area contributed by atoms with Gasteiger partial charge in [0.25, 0.3) is 0 Å². The summed E-state index contributed by atoms with van der Waals surface area (Å²) in [5.41, 5.74) is 1.89. The van der Waals surface area contributed by atoms with E-state index in [1.54, 1.807) is 24.8 Å². The fourth-order valence-corrected chi connectivity index (χ4v) is 3.66. The SMILES string of the molecule is COCc1nc(C)cc(Sc2ncnc3ccsc23)n1. The first-order valence-electron chi connectivity index (χ1n) is 5.96. The Morgan fingerprint density at radius 2 is 2.20 bits per heavy atom. The minimum Gasteiger partial charge on any atom is -0.377 e. The zero-order chi connectivity index (χ0) is 13.9. The van der Waals surface area contributed by atoms with Gasteiger partial charge in [-0.25, -0.2) is 19.9 Å². The molecule has 3 rings (SSSR count). The molecule has 0 aliphatic rings. The van der Waals surface area contributed by atoms with Gasteiger partial charge in [0.05, 0.1) is 10.2 Å². The number of ether oxygens (including phenoxy) is 1. The summed E-state index contributed by atoms with van der Waals surface area (Å²) in [6.07, 6.45) is 1.58. The number of aryl methyl sites for hydroxylation is 1. The molecule has 0 saturated carbocycles. The van der Waals surface area contributed by atoms with Crippen LogP contribution >= 0.6 is 23.1 Å². The molecule has 3 aromatic rings. The Morgan fingerprint density at radius 1 is 1.30 bits per heavy atom. The van der Waals surface area contributed by atoms with Gasteiger partial charge in [0, 0.05) is 12.8 Å². The van der Waals surface area contributed by atoms with Gasteiger partial charge in [-0.2, -0.15) is 0 Å². The smallest absolute Gasteiger partial charge is 0.155 e. The van der Waals surface area contributed by atoms with Crippen molar-refractivity contribution >= 4 is 33.3 Å². The molecule has 0 N–H and O–H groups in total. The highest BCUT2D eigenvalue weighted by molar-refractivity contribution is 7.99. The quantitative estimate of drug-likeness (QED) is 0.690. The Hall–Kier alpha value is -1.57. The van der Waals surface area contributed by atoms with Gasteiger partial charge < -0.3 is 4.74 Å². The van der Waals surface area contributed by atoms with E-state index in [0.717, 1.165) is 26.0 Å². The third-order valence-corrected chi connectivity index (χ3v) is 4.52. The first-order chi connectivity index (χ1) is 9.76. The molecule has 0 bridgehead atoms. The molecule has 7 heteroatoms. The minimum absolute atomic E-state index is 0.410. The summed E-state index contributed by atoms with van der Waals surface area (Å²) in [4.78, 5) is 17.4. The van der Waals surface area contributed by atoms with Crippen molar-refractivity contribution in [3.63, 3.8) is 0 Å². The molecule has 3 aromatic heterocycles. The van der Waals surface area contributed by atoms with Crippen LogP contribution in [0.15, 0.2) is 33.9 Å². The molecular formula is C13H12N4OS2. The van der Waals surface area contributed by atoms with Crippen LogP contribution < -0.4 is 0 Å². The zero-order valence-electron chi connectivity index (χ0n) is 11.0. The summed E-state index contributed by atoms with van der Waals surface area (Å²) in [5.74, 6) is 0.687. The monoisotopic (exact) mass is 304 g/mol. The number of rotatable bonds is 4. The molecule has 0 atom stereocenters. The van der Waals surface area contributed by atoms with Crippen molar-refractivity contribution in [1.82, 2.24) is 19.9 Å². The van der Waals surface area contributed by atoms with Crippen LogP contribution in [-0.2, 0) is 11.3 Å². The zero-order valence-corrected chi connectivity index (χ0v) is 12.7. The lowest BCUT2D eigenvalue weighted by molar-refractivity contribution is 0.177. The topological polar surface area (TPSA) is 60.8 Å². The van der Waals surface area contributed by atoms with Crippen molar-refractivity contribution in [2.75, 3.05) is 7.11 Å². The van der Waals surface area contributed by atoms with E-state index in [0.29, 0.717) is 12.4 Å². The van der Waals surface area contributed by atoms with E-state index in [4.69, 9.17) is 4.74 Å². The molecule has 102 valence electrons. The van der Waals surface area contributed by atoms with E-state index in [1.807, 2.05) is 24.4 Å². The maximum Gasteiger partial charge on any atom is 0.155 e. The van der Waals surface area contributed by atoms with E-state index < -0.39 is 0 Å². The lowest BCUT2D eigenvalue weighted by atomic mass is 10.4. The third kappa shape index (κ3) is 2.79. The molecule has 0 amide bonds. The van der Waals surface area contributed by atoms with Crippen LogP contribution in [0.25, 0.3) is 10.2 Å². The maximum atomic E-state index is 5.09. The van der Waals surface area contributed by atoms with Crippen molar-refractivity contribution in [1.29, 1.82) is 0 Å². The summed E-state index contributed by atoms with van der Waals surface area (Å²) in [6, 6.07) is 3.94. The predicted molar refractivity (Wildman–Crippen MR) is 79.0 cm³/mol. The summed E-state index contributed by atoms with van der Waals surface area (Å²) in [6.45, 7) is 2.36. The third-order valence-electron chi connectivity index (χ3n) is 2.56. The average Bonchev–Trinajstić information content (AvgIpc) is 2.88. The first-order valence-corrected chi connectivity index (χ1v) is 7.65. The predicted octanol–water partition coefficient (Wildman–Crippen LogP) is 3.09. The van der Waals surface area contributed by atoms with Crippen LogP contribution in [0.3, 0.4) is 0 Å². The average molecular weight is 304 g/mol. The standard InChI is InChI=1S/C13H12N4OS2/c1-8-5-11(17-10(16-8)6-18-2)20-13-12-9(3-4-19-12)14-7-15-13/h3-5,7H,6H2,1-2H3. The fraction of sp³-hybridized carbons (Fsp3) is 0.231. The Bertz CT molecular complexity index is 744. The van der Waals surface area contributed by atoms with E-state index in [1.165, 1.54) is 11.8 Å². The molecule has 0 aliphatic carbocycles. The summed E-state index contributed by atoms with van der Waals surface area (Å²) < 4.78 is 6.17. The summed E-state index contributed by atoms with van der Waals surface area (Å²) in [7, 11) is 1.64. The van der Waals surface area contributed by atoms with Gasteiger partial charge in [-0.3, -0.25) is 0 Å². The number of hydrogen-bond donors (Lipinski definition) is 0. The van der Waals surface area contributed by atoms with Gasteiger partial charge in [-0.1, -0.05) is 0 Å². The molecular weight excluding hydrogens is 292 g/mol. The summed E-state index contributed by atoms with van der Waals surface area (Å²) >= 11 is 3.17. The van der Waals surface area contributed by atoms with Gasteiger partial charge in [0.2, 0.25) is 0 Å². The van der Waals surface area contributed by atoms with E-state index in [2.05, 4.69) is 19.9 Å². The molecule has 5 nitrogen and oxygen atoms in total. The molecule has 0 radical (unpaired) electrons. The molecule has 0 unspecified atom stereocenters.